The second-order valence-corrected chi connectivity index (χ2v) is 5.43. The van der Waals surface area contributed by atoms with Gasteiger partial charge in [-0.3, -0.25) is 4.79 Å². The molecule has 0 saturated carbocycles. The largest absolute Gasteiger partial charge is 0.493 e. The summed E-state index contributed by atoms with van der Waals surface area (Å²) in [4.78, 5) is 26.5. The number of H-pyrrole nitrogens is 1. The highest BCUT2D eigenvalue weighted by Gasteiger charge is 2.30. The number of nitrogens with one attached hydrogen (secondary N) is 1. The molecule has 7 heteroatoms. The van der Waals surface area contributed by atoms with E-state index in [1.807, 2.05) is 0 Å². The molecule has 2 aliphatic heterocycles. The van der Waals surface area contributed by atoms with Crippen LogP contribution in [0.3, 0.4) is 0 Å². The molecule has 0 saturated heterocycles. The molecule has 0 aliphatic carbocycles. The Hall–Kier alpha value is -3.22. The van der Waals surface area contributed by atoms with E-state index in [1.165, 1.54) is 7.11 Å². The minimum atomic E-state index is -0.662. The molecule has 0 spiro atoms. The van der Waals surface area contributed by atoms with E-state index in [0.29, 0.717) is 39.8 Å². The molecule has 0 radical (unpaired) electrons. The number of esters is 1. The second kappa shape index (κ2) is 5.16. The number of benzene rings is 1. The molecule has 0 unspecified atom stereocenters. The van der Waals surface area contributed by atoms with Crippen molar-refractivity contribution in [3.05, 3.63) is 50.9 Å². The lowest BCUT2D eigenvalue weighted by molar-refractivity contribution is 0.0715. The van der Waals surface area contributed by atoms with Crippen LogP contribution in [0.15, 0.2) is 23.0 Å². The lowest BCUT2D eigenvalue weighted by Crippen LogP contribution is -2.16. The molecule has 3 heterocycles. The van der Waals surface area contributed by atoms with Gasteiger partial charge in [0, 0.05) is 11.3 Å². The Morgan fingerprint density at radius 2 is 2.04 bits per heavy atom. The highest BCUT2D eigenvalue weighted by molar-refractivity contribution is 6.05. The Labute approximate surface area is 136 Å². The second-order valence-electron chi connectivity index (χ2n) is 5.43. The summed E-state index contributed by atoms with van der Waals surface area (Å²) in [5.74, 6) is 1.25. The fourth-order valence-corrected chi connectivity index (χ4v) is 2.78. The number of carbonyl (C=O) groups excluding carboxylic acids is 1. The van der Waals surface area contributed by atoms with E-state index >= 15 is 0 Å². The summed E-state index contributed by atoms with van der Waals surface area (Å²) < 4.78 is 21.3. The van der Waals surface area contributed by atoms with Crippen LogP contribution in [-0.2, 0) is 4.74 Å². The van der Waals surface area contributed by atoms with Crippen LogP contribution in [0.25, 0.3) is 11.8 Å². The van der Waals surface area contributed by atoms with E-state index < -0.39 is 11.5 Å². The lowest BCUT2D eigenvalue weighted by atomic mass is 10.1. The van der Waals surface area contributed by atoms with Crippen molar-refractivity contribution in [1.29, 1.82) is 0 Å². The third-order valence-corrected chi connectivity index (χ3v) is 3.82. The van der Waals surface area contributed by atoms with Gasteiger partial charge in [0.1, 0.15) is 11.3 Å². The predicted molar refractivity (Wildman–Crippen MR) is 84.2 cm³/mol. The number of fused-ring (bicyclic) bond motifs is 2. The Bertz CT molecular complexity index is 956. The predicted octanol–water partition coefficient (Wildman–Crippen LogP) is 2.09. The normalized spacial score (nSPS) is 16.2. The van der Waals surface area contributed by atoms with Crippen LogP contribution in [0.2, 0.25) is 0 Å². The van der Waals surface area contributed by atoms with E-state index in [0.717, 1.165) is 0 Å². The Morgan fingerprint density at radius 1 is 1.21 bits per heavy atom. The maximum Gasteiger partial charge on any atom is 0.349 e. The number of methoxy groups -OCH3 is 1. The Morgan fingerprint density at radius 3 is 2.83 bits per heavy atom. The molecule has 0 atom stereocenters. The summed E-state index contributed by atoms with van der Waals surface area (Å²) in [5.41, 5.74) is 1.37. The van der Waals surface area contributed by atoms with Gasteiger partial charge in [0.05, 0.1) is 7.11 Å². The molecular weight excluding hydrogens is 314 g/mol. The molecule has 1 aromatic carbocycles. The van der Waals surface area contributed by atoms with Crippen molar-refractivity contribution in [3.63, 3.8) is 0 Å². The van der Waals surface area contributed by atoms with Crippen LogP contribution in [0.4, 0.5) is 0 Å². The van der Waals surface area contributed by atoms with Crippen molar-refractivity contribution < 1.29 is 23.7 Å². The fourth-order valence-electron chi connectivity index (χ4n) is 2.78. The van der Waals surface area contributed by atoms with E-state index in [1.54, 1.807) is 31.2 Å². The molecule has 1 aromatic heterocycles. The summed E-state index contributed by atoms with van der Waals surface area (Å²) in [7, 11) is 1.53. The van der Waals surface area contributed by atoms with Crippen LogP contribution in [0.1, 0.15) is 27.2 Å². The average Bonchev–Trinajstić information content (AvgIpc) is 3.11. The van der Waals surface area contributed by atoms with Crippen molar-refractivity contribution >= 4 is 17.8 Å². The molecule has 0 amide bonds. The van der Waals surface area contributed by atoms with Gasteiger partial charge in [0.2, 0.25) is 12.5 Å². The first-order chi connectivity index (χ1) is 11.6. The maximum absolute atomic E-state index is 12.0. The number of aromatic amines is 1. The monoisotopic (exact) mass is 327 g/mol. The van der Waals surface area contributed by atoms with Crippen molar-refractivity contribution in [3.8, 4) is 17.2 Å². The first kappa shape index (κ1) is 14.4. The van der Waals surface area contributed by atoms with Crippen molar-refractivity contribution in [1.82, 2.24) is 4.98 Å². The van der Waals surface area contributed by atoms with Gasteiger partial charge in [0.15, 0.2) is 11.5 Å². The number of hydrogen-bond acceptors (Lipinski definition) is 6. The zero-order chi connectivity index (χ0) is 16.8. The molecule has 2 aromatic rings. The van der Waals surface area contributed by atoms with E-state index in [4.69, 9.17) is 18.9 Å². The summed E-state index contributed by atoms with van der Waals surface area (Å²) in [6.45, 7) is 1.86. The van der Waals surface area contributed by atoms with Gasteiger partial charge in [-0.1, -0.05) is 0 Å². The molecule has 1 N–H and O–H groups in total. The first-order valence-electron chi connectivity index (χ1n) is 7.22. The number of rotatable bonds is 2. The highest BCUT2D eigenvalue weighted by atomic mass is 16.7. The zero-order valence-corrected chi connectivity index (χ0v) is 13.0. The molecule has 122 valence electrons. The van der Waals surface area contributed by atoms with Gasteiger partial charge < -0.3 is 23.9 Å². The third-order valence-electron chi connectivity index (χ3n) is 3.82. The van der Waals surface area contributed by atoms with Crippen LogP contribution in [0, 0.1) is 6.92 Å². The van der Waals surface area contributed by atoms with Crippen LogP contribution in [-0.4, -0.2) is 24.9 Å². The Kier molecular flexibility index (Phi) is 3.09. The van der Waals surface area contributed by atoms with Crippen molar-refractivity contribution in [2.45, 2.75) is 6.92 Å². The van der Waals surface area contributed by atoms with E-state index in [-0.39, 0.29) is 12.4 Å². The van der Waals surface area contributed by atoms with Crippen molar-refractivity contribution in [2.24, 2.45) is 0 Å². The van der Waals surface area contributed by atoms with E-state index in [9.17, 15) is 9.59 Å². The molecule has 7 nitrogen and oxygen atoms in total. The van der Waals surface area contributed by atoms with Crippen LogP contribution >= 0.6 is 0 Å². The van der Waals surface area contributed by atoms with Gasteiger partial charge in [-0.15, -0.1) is 0 Å². The number of pyridine rings is 1. The molecule has 0 fully saturated rings. The molecule has 0 bridgehead atoms. The van der Waals surface area contributed by atoms with E-state index in [2.05, 4.69) is 4.98 Å². The number of aromatic nitrogens is 1. The number of cyclic esters (lactones) is 1. The number of carbonyl (C=O) groups is 1. The SMILES string of the molecule is COc1cc(/C=C2/OC(=O)c3c2cc(C)[nH]c3=O)cc2c1OCO2. The molecular formula is C17H13NO6. The van der Waals surface area contributed by atoms with Gasteiger partial charge in [0.25, 0.3) is 5.56 Å². The smallest absolute Gasteiger partial charge is 0.349 e. The molecule has 4 rings (SSSR count). The third kappa shape index (κ3) is 2.13. The average molecular weight is 327 g/mol. The molecule has 2 aliphatic rings. The summed E-state index contributed by atoms with van der Waals surface area (Å²) in [5, 5.41) is 0. The van der Waals surface area contributed by atoms with Crippen molar-refractivity contribution in [2.75, 3.05) is 13.9 Å². The summed E-state index contributed by atoms with van der Waals surface area (Å²) >= 11 is 0. The summed E-state index contributed by atoms with van der Waals surface area (Å²) in [6, 6.07) is 5.20. The minimum Gasteiger partial charge on any atom is -0.493 e. The van der Waals surface area contributed by atoms with Gasteiger partial charge in [-0.2, -0.15) is 0 Å². The highest BCUT2D eigenvalue weighted by Crippen LogP contribution is 2.42. The Balaban J connectivity index is 1.85. The number of hydrogen-bond donors (Lipinski definition) is 1. The standard InChI is InChI=1S/C17H13NO6/c1-8-3-10-11(24-17(20)14(10)16(19)18-8)4-9-5-12(21-2)15-13(6-9)22-7-23-15/h3-6H,7H2,1-2H3,(H,18,19)/b11-4+. The maximum atomic E-state index is 12.0. The minimum absolute atomic E-state index is 0.0135. The zero-order valence-electron chi connectivity index (χ0n) is 13.0. The quantitative estimate of drug-likeness (QED) is 0.850. The fraction of sp³-hybridized carbons (Fsp3) is 0.176. The number of ether oxygens (including phenoxy) is 4. The van der Waals surface area contributed by atoms with Gasteiger partial charge in [-0.05, 0) is 36.8 Å². The summed E-state index contributed by atoms with van der Waals surface area (Å²) in [6.07, 6.45) is 1.66. The van der Waals surface area contributed by atoms with Gasteiger partial charge in [-0.25, -0.2) is 4.79 Å². The molecule has 24 heavy (non-hydrogen) atoms. The lowest BCUT2D eigenvalue weighted by Gasteiger charge is -2.06. The number of aryl methyl sites for hydroxylation is 1. The van der Waals surface area contributed by atoms with Crippen LogP contribution in [0.5, 0.6) is 17.2 Å². The first-order valence-corrected chi connectivity index (χ1v) is 7.22. The van der Waals surface area contributed by atoms with Crippen LogP contribution < -0.4 is 19.8 Å². The van der Waals surface area contributed by atoms with Gasteiger partial charge >= 0.3 is 5.97 Å². The topological polar surface area (TPSA) is 86.9 Å².